The van der Waals surface area contributed by atoms with Crippen LogP contribution in [0.4, 0.5) is 0 Å². The van der Waals surface area contributed by atoms with Crippen molar-refractivity contribution in [3.63, 3.8) is 0 Å². The first kappa shape index (κ1) is 18.6. The Labute approximate surface area is 153 Å². The fourth-order valence-electron chi connectivity index (χ4n) is 3.09. The number of hydroxylamine groups is 1. The molecule has 0 aliphatic heterocycles. The van der Waals surface area contributed by atoms with E-state index in [1.165, 1.54) is 38.4 Å². The molecule has 0 radical (unpaired) electrons. The van der Waals surface area contributed by atoms with E-state index < -0.39 is 10.0 Å². The van der Waals surface area contributed by atoms with E-state index in [9.17, 15) is 13.2 Å². The van der Waals surface area contributed by atoms with Gasteiger partial charge in [0, 0.05) is 12.6 Å². The van der Waals surface area contributed by atoms with Gasteiger partial charge < -0.3 is 5.32 Å². The second-order valence-corrected chi connectivity index (χ2v) is 8.31. The van der Waals surface area contributed by atoms with Gasteiger partial charge in [0.05, 0.1) is 17.5 Å². The van der Waals surface area contributed by atoms with E-state index >= 15 is 0 Å². The molecule has 0 spiro atoms. The molecule has 0 aromatic heterocycles. The standard InChI is InChI=1S/C19H22N2O4S/c1-21(25-2)26(23,24)17-11-9-15(10-12-17)18(22)20-19(13-6-14-19)16-7-4-3-5-8-16/h3-5,7-12H,6,13-14H2,1-2H3,(H,20,22). The molecule has 6 nitrogen and oxygen atoms in total. The number of rotatable bonds is 6. The van der Waals surface area contributed by atoms with Crippen LogP contribution in [0.25, 0.3) is 0 Å². The molecule has 1 aliphatic rings. The molecule has 1 fully saturated rings. The van der Waals surface area contributed by atoms with Gasteiger partial charge in [0.1, 0.15) is 0 Å². The third-order valence-corrected chi connectivity index (χ3v) is 6.59. The first-order chi connectivity index (χ1) is 12.4. The average molecular weight is 374 g/mol. The van der Waals surface area contributed by atoms with Gasteiger partial charge in [0.25, 0.3) is 15.9 Å². The van der Waals surface area contributed by atoms with Gasteiger partial charge in [-0.1, -0.05) is 34.8 Å². The predicted octanol–water partition coefficient (Wildman–Crippen LogP) is 2.68. The summed E-state index contributed by atoms with van der Waals surface area (Å²) in [6.45, 7) is 0. The molecule has 3 rings (SSSR count). The van der Waals surface area contributed by atoms with Crippen molar-refractivity contribution in [3.05, 3.63) is 65.7 Å². The molecule has 1 N–H and O–H groups in total. The lowest BCUT2D eigenvalue weighted by Gasteiger charge is -2.43. The Hall–Kier alpha value is -2.22. The molecule has 2 aromatic carbocycles. The minimum Gasteiger partial charge on any atom is -0.343 e. The molecule has 0 saturated heterocycles. The summed E-state index contributed by atoms with van der Waals surface area (Å²) in [7, 11) is -1.13. The van der Waals surface area contributed by atoms with Crippen LogP contribution in [-0.4, -0.2) is 33.0 Å². The van der Waals surface area contributed by atoms with Crippen LogP contribution < -0.4 is 5.32 Å². The first-order valence-corrected chi connectivity index (χ1v) is 9.84. The molecule has 0 bridgehead atoms. The van der Waals surface area contributed by atoms with Crippen LogP contribution in [0.3, 0.4) is 0 Å². The minimum absolute atomic E-state index is 0.0693. The number of benzene rings is 2. The summed E-state index contributed by atoms with van der Waals surface area (Å²) in [4.78, 5) is 17.5. The summed E-state index contributed by atoms with van der Waals surface area (Å²) in [6.07, 6.45) is 2.86. The molecule has 2 aromatic rings. The SMILES string of the molecule is CON(C)S(=O)(=O)c1ccc(C(=O)NC2(c3ccccc3)CCC2)cc1. The van der Waals surface area contributed by atoms with Crippen LogP contribution in [0.2, 0.25) is 0 Å². The van der Waals surface area contributed by atoms with E-state index in [1.807, 2.05) is 30.3 Å². The van der Waals surface area contributed by atoms with Gasteiger partial charge in [-0.15, -0.1) is 0 Å². The lowest BCUT2D eigenvalue weighted by atomic mass is 9.71. The van der Waals surface area contributed by atoms with E-state index in [-0.39, 0.29) is 16.3 Å². The van der Waals surface area contributed by atoms with E-state index in [2.05, 4.69) is 5.32 Å². The van der Waals surface area contributed by atoms with Crippen LogP contribution in [-0.2, 0) is 20.4 Å². The van der Waals surface area contributed by atoms with E-state index in [1.54, 1.807) is 0 Å². The number of hydrogen-bond acceptors (Lipinski definition) is 4. The number of amides is 1. The van der Waals surface area contributed by atoms with Crippen LogP contribution in [0.15, 0.2) is 59.5 Å². The van der Waals surface area contributed by atoms with Crippen molar-refractivity contribution in [2.75, 3.05) is 14.2 Å². The second kappa shape index (κ2) is 7.19. The average Bonchev–Trinajstić information content (AvgIpc) is 2.64. The van der Waals surface area contributed by atoms with Crippen LogP contribution >= 0.6 is 0 Å². The van der Waals surface area contributed by atoms with Gasteiger partial charge >= 0.3 is 0 Å². The zero-order valence-corrected chi connectivity index (χ0v) is 15.6. The normalized spacial score (nSPS) is 16.1. The molecular weight excluding hydrogens is 352 g/mol. The summed E-state index contributed by atoms with van der Waals surface area (Å²) >= 11 is 0. The lowest BCUT2D eigenvalue weighted by Crippen LogP contribution is -2.50. The molecule has 1 saturated carbocycles. The predicted molar refractivity (Wildman–Crippen MR) is 97.8 cm³/mol. The third kappa shape index (κ3) is 3.38. The Morgan fingerprint density at radius 1 is 1.08 bits per heavy atom. The van der Waals surface area contributed by atoms with Crippen molar-refractivity contribution in [1.82, 2.24) is 9.79 Å². The molecule has 1 aliphatic carbocycles. The fourth-order valence-corrected chi connectivity index (χ4v) is 4.06. The van der Waals surface area contributed by atoms with E-state index in [0.29, 0.717) is 5.56 Å². The molecule has 0 unspecified atom stereocenters. The largest absolute Gasteiger partial charge is 0.343 e. The Kier molecular flexibility index (Phi) is 5.13. The summed E-state index contributed by atoms with van der Waals surface area (Å²) in [6, 6.07) is 15.8. The Morgan fingerprint density at radius 2 is 1.69 bits per heavy atom. The Balaban J connectivity index is 1.79. The number of carbonyl (C=O) groups is 1. The maximum absolute atomic E-state index is 12.7. The van der Waals surface area contributed by atoms with Crippen LogP contribution in [0.1, 0.15) is 35.2 Å². The highest BCUT2D eigenvalue weighted by Gasteiger charge is 2.40. The van der Waals surface area contributed by atoms with Gasteiger partial charge in [-0.2, -0.15) is 0 Å². The van der Waals surface area contributed by atoms with Crippen molar-refractivity contribution >= 4 is 15.9 Å². The van der Waals surface area contributed by atoms with Crippen molar-refractivity contribution in [1.29, 1.82) is 0 Å². The zero-order valence-electron chi connectivity index (χ0n) is 14.8. The van der Waals surface area contributed by atoms with Crippen LogP contribution in [0, 0.1) is 0 Å². The molecule has 138 valence electrons. The fraction of sp³-hybridized carbons (Fsp3) is 0.316. The van der Waals surface area contributed by atoms with Gasteiger partial charge in [-0.3, -0.25) is 9.63 Å². The van der Waals surface area contributed by atoms with Crippen molar-refractivity contribution in [2.24, 2.45) is 0 Å². The monoisotopic (exact) mass is 374 g/mol. The summed E-state index contributed by atoms with van der Waals surface area (Å²) < 4.78 is 25.2. The number of hydrogen-bond donors (Lipinski definition) is 1. The maximum Gasteiger partial charge on any atom is 0.264 e. The quantitative estimate of drug-likeness (QED) is 0.789. The molecule has 7 heteroatoms. The highest BCUT2D eigenvalue weighted by atomic mass is 32.2. The van der Waals surface area contributed by atoms with Gasteiger partial charge in [0.15, 0.2) is 0 Å². The van der Waals surface area contributed by atoms with Crippen molar-refractivity contribution < 1.29 is 18.0 Å². The number of nitrogens with one attached hydrogen (secondary N) is 1. The van der Waals surface area contributed by atoms with Crippen LogP contribution in [0.5, 0.6) is 0 Å². The summed E-state index contributed by atoms with van der Waals surface area (Å²) in [5, 5.41) is 3.13. The first-order valence-electron chi connectivity index (χ1n) is 8.40. The Bertz CT molecular complexity index is 876. The highest BCUT2D eigenvalue weighted by Crippen LogP contribution is 2.41. The van der Waals surface area contributed by atoms with E-state index in [0.717, 1.165) is 29.3 Å². The smallest absolute Gasteiger partial charge is 0.264 e. The van der Waals surface area contributed by atoms with Gasteiger partial charge in [0.2, 0.25) is 0 Å². The minimum atomic E-state index is -3.72. The summed E-state index contributed by atoms with van der Waals surface area (Å²) in [5.41, 5.74) is 1.19. The van der Waals surface area contributed by atoms with Crippen molar-refractivity contribution in [2.45, 2.75) is 29.7 Å². The molecular formula is C19H22N2O4S. The molecule has 0 heterocycles. The number of nitrogens with zero attached hydrogens (tertiary/aromatic N) is 1. The molecule has 0 atom stereocenters. The lowest BCUT2D eigenvalue weighted by molar-refractivity contribution is -0.0258. The van der Waals surface area contributed by atoms with Gasteiger partial charge in [-0.05, 0) is 49.1 Å². The third-order valence-electron chi connectivity index (χ3n) is 4.90. The maximum atomic E-state index is 12.7. The number of carbonyl (C=O) groups excluding carboxylic acids is 1. The summed E-state index contributed by atoms with van der Waals surface area (Å²) in [5.74, 6) is -0.211. The number of sulfonamides is 1. The van der Waals surface area contributed by atoms with Gasteiger partial charge in [-0.25, -0.2) is 8.42 Å². The highest BCUT2D eigenvalue weighted by molar-refractivity contribution is 7.89. The molecule has 1 amide bonds. The Morgan fingerprint density at radius 3 is 2.19 bits per heavy atom. The topological polar surface area (TPSA) is 75.7 Å². The zero-order chi connectivity index (χ0) is 18.8. The second-order valence-electron chi connectivity index (χ2n) is 6.38. The van der Waals surface area contributed by atoms with E-state index in [4.69, 9.17) is 4.84 Å². The van der Waals surface area contributed by atoms with Crippen molar-refractivity contribution in [3.8, 4) is 0 Å². The molecule has 26 heavy (non-hydrogen) atoms.